The minimum absolute atomic E-state index is 0.0468. The van der Waals surface area contributed by atoms with Crippen molar-refractivity contribution < 1.29 is 10.0 Å². The van der Waals surface area contributed by atoms with E-state index in [0.29, 0.717) is 24.1 Å². The first-order valence-electron chi connectivity index (χ1n) is 6.87. The molecule has 8 nitrogen and oxygen atoms in total. The van der Waals surface area contributed by atoms with Crippen LogP contribution in [0.3, 0.4) is 0 Å². The maximum atomic E-state index is 12.5. The van der Waals surface area contributed by atoms with Crippen LogP contribution >= 0.6 is 0 Å². The van der Waals surface area contributed by atoms with Crippen molar-refractivity contribution in [3.05, 3.63) is 17.5 Å². The molecule has 116 valence electrons. The third kappa shape index (κ3) is 2.99. The van der Waals surface area contributed by atoms with Gasteiger partial charge in [0.25, 0.3) is 5.91 Å². The Balaban J connectivity index is 2.23. The monoisotopic (exact) mass is 294 g/mol. The zero-order valence-corrected chi connectivity index (χ0v) is 12.6. The summed E-state index contributed by atoms with van der Waals surface area (Å²) in [5.41, 5.74) is 6.19. The van der Waals surface area contributed by atoms with Crippen molar-refractivity contribution >= 4 is 11.7 Å². The maximum Gasteiger partial charge on any atom is 0.255 e. The molecular formula is C13H22N6O2. The summed E-state index contributed by atoms with van der Waals surface area (Å²) in [6.07, 6.45) is 2.87. The summed E-state index contributed by atoms with van der Waals surface area (Å²) >= 11 is 0. The number of carbonyl (C=O) groups is 1. The first-order valence-corrected chi connectivity index (χ1v) is 6.87. The van der Waals surface area contributed by atoms with E-state index in [0.717, 1.165) is 13.1 Å². The Bertz CT molecular complexity index is 557. The molecule has 0 saturated carbocycles. The van der Waals surface area contributed by atoms with E-state index in [4.69, 9.17) is 10.9 Å². The summed E-state index contributed by atoms with van der Waals surface area (Å²) in [5, 5.41) is 19.3. The number of carbonyl (C=O) groups excluding carboxylic acids is 1. The van der Waals surface area contributed by atoms with Crippen LogP contribution in [-0.2, 0) is 7.05 Å². The molecule has 0 spiro atoms. The Morgan fingerprint density at radius 1 is 1.48 bits per heavy atom. The highest BCUT2D eigenvalue weighted by atomic mass is 16.4. The predicted molar refractivity (Wildman–Crippen MR) is 78.3 cm³/mol. The van der Waals surface area contributed by atoms with Gasteiger partial charge in [-0.1, -0.05) is 5.16 Å². The van der Waals surface area contributed by atoms with Crippen molar-refractivity contribution in [2.75, 3.05) is 20.1 Å². The minimum atomic E-state index is -0.805. The Hall–Kier alpha value is -2.09. The molecule has 1 aromatic heterocycles. The fourth-order valence-electron chi connectivity index (χ4n) is 2.65. The molecule has 1 aliphatic rings. The normalized spacial score (nSPS) is 19.5. The number of hydrogen-bond acceptors (Lipinski definition) is 5. The molecule has 0 bridgehead atoms. The second-order valence-electron chi connectivity index (χ2n) is 5.63. The largest absolute Gasteiger partial charge is 0.409 e. The summed E-state index contributed by atoms with van der Waals surface area (Å²) in [6, 6.07) is 0. The molecule has 1 aliphatic heterocycles. The van der Waals surface area contributed by atoms with E-state index >= 15 is 0 Å². The quantitative estimate of drug-likeness (QED) is 0.306. The van der Waals surface area contributed by atoms with Crippen LogP contribution < -0.4 is 11.1 Å². The van der Waals surface area contributed by atoms with Gasteiger partial charge in [0.2, 0.25) is 0 Å². The van der Waals surface area contributed by atoms with Gasteiger partial charge in [-0.3, -0.25) is 9.48 Å². The van der Waals surface area contributed by atoms with Crippen molar-refractivity contribution in [2.45, 2.75) is 25.3 Å². The molecule has 1 fully saturated rings. The summed E-state index contributed by atoms with van der Waals surface area (Å²) < 4.78 is 1.59. The van der Waals surface area contributed by atoms with Crippen LogP contribution in [0.15, 0.2) is 11.4 Å². The lowest BCUT2D eigenvalue weighted by Gasteiger charge is -2.40. The molecule has 1 amide bonds. The Morgan fingerprint density at radius 2 is 2.10 bits per heavy atom. The molecule has 2 heterocycles. The van der Waals surface area contributed by atoms with Gasteiger partial charge >= 0.3 is 0 Å². The fraction of sp³-hybridized carbons (Fsp3) is 0.615. The highest BCUT2D eigenvalue weighted by molar-refractivity contribution is 6.00. The molecule has 1 saturated heterocycles. The Kier molecular flexibility index (Phi) is 4.17. The van der Waals surface area contributed by atoms with Crippen LogP contribution in [0.2, 0.25) is 0 Å². The zero-order chi connectivity index (χ0) is 15.6. The van der Waals surface area contributed by atoms with E-state index in [-0.39, 0.29) is 11.7 Å². The zero-order valence-electron chi connectivity index (χ0n) is 12.6. The van der Waals surface area contributed by atoms with Crippen molar-refractivity contribution in [1.82, 2.24) is 20.0 Å². The van der Waals surface area contributed by atoms with Gasteiger partial charge in [0.05, 0.1) is 11.3 Å². The lowest BCUT2D eigenvalue weighted by Crippen LogP contribution is -2.62. The summed E-state index contributed by atoms with van der Waals surface area (Å²) in [7, 11) is 3.77. The number of piperidine rings is 1. The van der Waals surface area contributed by atoms with Gasteiger partial charge in [-0.15, -0.1) is 0 Å². The average molecular weight is 294 g/mol. The summed E-state index contributed by atoms with van der Waals surface area (Å²) in [5.74, 6) is -0.206. The smallest absolute Gasteiger partial charge is 0.255 e. The number of hydrogen-bond donors (Lipinski definition) is 3. The van der Waals surface area contributed by atoms with Gasteiger partial charge in [0.15, 0.2) is 5.84 Å². The van der Waals surface area contributed by atoms with Crippen LogP contribution in [0.1, 0.15) is 28.9 Å². The van der Waals surface area contributed by atoms with Gasteiger partial charge in [-0.2, -0.15) is 5.10 Å². The molecule has 2 rings (SSSR count). The number of aromatic nitrogens is 2. The van der Waals surface area contributed by atoms with E-state index in [1.54, 1.807) is 24.9 Å². The lowest BCUT2D eigenvalue weighted by molar-refractivity contribution is 0.0885. The van der Waals surface area contributed by atoms with Crippen LogP contribution in [0.25, 0.3) is 0 Å². The molecule has 1 aromatic rings. The summed E-state index contributed by atoms with van der Waals surface area (Å²) in [6.45, 7) is 3.31. The van der Waals surface area contributed by atoms with Crippen LogP contribution in [0.4, 0.5) is 0 Å². The molecule has 0 aromatic carbocycles. The highest BCUT2D eigenvalue weighted by Crippen LogP contribution is 2.23. The molecule has 21 heavy (non-hydrogen) atoms. The lowest BCUT2D eigenvalue weighted by atomic mass is 9.86. The molecule has 0 unspecified atom stereocenters. The van der Waals surface area contributed by atoms with E-state index < -0.39 is 5.54 Å². The third-order valence-electron chi connectivity index (χ3n) is 4.05. The van der Waals surface area contributed by atoms with Crippen LogP contribution in [0, 0.1) is 6.92 Å². The second kappa shape index (κ2) is 5.72. The van der Waals surface area contributed by atoms with Gasteiger partial charge in [0.1, 0.15) is 5.54 Å². The number of oxime groups is 1. The number of nitrogens with one attached hydrogen (secondary N) is 1. The molecule has 4 N–H and O–H groups in total. The molecular weight excluding hydrogens is 272 g/mol. The average Bonchev–Trinajstić information content (AvgIpc) is 2.79. The van der Waals surface area contributed by atoms with Crippen molar-refractivity contribution in [2.24, 2.45) is 17.9 Å². The van der Waals surface area contributed by atoms with Crippen molar-refractivity contribution in [3.8, 4) is 0 Å². The number of amides is 1. The second-order valence-corrected chi connectivity index (χ2v) is 5.63. The standard InChI is InChI=1S/C13H22N6O2/c1-9-10(8-19(3)16-9)11(20)15-13(12(14)17-21)4-6-18(2)7-5-13/h8,21H,4-7H2,1-3H3,(H2,14,17)(H,15,20). The van der Waals surface area contributed by atoms with Gasteiger partial charge in [-0.25, -0.2) is 0 Å². The molecule has 0 aliphatic carbocycles. The fourth-order valence-corrected chi connectivity index (χ4v) is 2.65. The number of amidine groups is 1. The number of aryl methyl sites for hydroxylation is 2. The predicted octanol–water partition coefficient (Wildman–Crippen LogP) is -0.331. The highest BCUT2D eigenvalue weighted by Gasteiger charge is 2.40. The van der Waals surface area contributed by atoms with Crippen LogP contribution in [0.5, 0.6) is 0 Å². The van der Waals surface area contributed by atoms with Crippen LogP contribution in [-0.4, -0.2) is 57.3 Å². The number of rotatable bonds is 3. The van der Waals surface area contributed by atoms with E-state index in [1.807, 2.05) is 7.05 Å². The van der Waals surface area contributed by atoms with E-state index in [2.05, 4.69) is 20.5 Å². The Morgan fingerprint density at radius 3 is 2.57 bits per heavy atom. The maximum absolute atomic E-state index is 12.5. The van der Waals surface area contributed by atoms with Gasteiger partial charge < -0.3 is 21.2 Å². The minimum Gasteiger partial charge on any atom is -0.409 e. The first kappa shape index (κ1) is 15.3. The van der Waals surface area contributed by atoms with Crippen molar-refractivity contribution in [3.63, 3.8) is 0 Å². The number of likely N-dealkylation sites (tertiary alicyclic amines) is 1. The number of nitrogens with zero attached hydrogens (tertiary/aromatic N) is 4. The number of nitrogens with two attached hydrogens (primary N) is 1. The van der Waals surface area contributed by atoms with Crippen molar-refractivity contribution in [1.29, 1.82) is 0 Å². The molecule has 0 radical (unpaired) electrons. The van der Waals surface area contributed by atoms with Gasteiger partial charge in [0, 0.05) is 26.3 Å². The Labute approximate surface area is 123 Å². The van der Waals surface area contributed by atoms with E-state index in [9.17, 15) is 4.79 Å². The molecule has 0 atom stereocenters. The van der Waals surface area contributed by atoms with Gasteiger partial charge in [-0.05, 0) is 26.8 Å². The SMILES string of the molecule is Cc1nn(C)cc1C(=O)NC1(C(N)=NO)CCN(C)CC1. The first-order chi connectivity index (χ1) is 9.88. The topological polar surface area (TPSA) is 109 Å². The molecule has 8 heteroatoms. The summed E-state index contributed by atoms with van der Waals surface area (Å²) in [4.78, 5) is 14.6. The van der Waals surface area contributed by atoms with E-state index in [1.165, 1.54) is 0 Å². The third-order valence-corrected chi connectivity index (χ3v) is 4.05.